The van der Waals surface area contributed by atoms with Crippen LogP contribution in [-0.2, 0) is 0 Å². The fourth-order valence-corrected chi connectivity index (χ4v) is 5.07. The number of hydrogen-bond acceptors (Lipinski definition) is 2. The molecule has 0 aromatic heterocycles. The van der Waals surface area contributed by atoms with Crippen molar-refractivity contribution in [3.8, 4) is 0 Å². The number of hydrogen-bond donors (Lipinski definition) is 1. The Bertz CT molecular complexity index is 449. The van der Waals surface area contributed by atoms with Crippen molar-refractivity contribution in [2.45, 2.75) is 69.1 Å². The first-order valence-electron chi connectivity index (χ1n) is 8.29. The fourth-order valence-electron chi connectivity index (χ4n) is 3.10. The maximum absolute atomic E-state index is 3.63. The van der Waals surface area contributed by atoms with Crippen LogP contribution in [0, 0.1) is 5.92 Å². The van der Waals surface area contributed by atoms with E-state index in [9.17, 15) is 0 Å². The van der Waals surface area contributed by atoms with E-state index in [4.69, 9.17) is 0 Å². The highest BCUT2D eigenvalue weighted by atomic mass is 79.9. The number of benzene rings is 1. The van der Waals surface area contributed by atoms with Crippen LogP contribution in [0.25, 0.3) is 0 Å². The van der Waals surface area contributed by atoms with Gasteiger partial charge in [0.25, 0.3) is 0 Å². The Balaban J connectivity index is 2.10. The van der Waals surface area contributed by atoms with E-state index in [1.807, 2.05) is 0 Å². The molecule has 1 aliphatic carbocycles. The van der Waals surface area contributed by atoms with Gasteiger partial charge in [-0.25, -0.2) is 0 Å². The van der Waals surface area contributed by atoms with Crippen molar-refractivity contribution in [1.82, 2.24) is 5.32 Å². The molecule has 3 atom stereocenters. The molecule has 118 valence electrons. The van der Waals surface area contributed by atoms with Gasteiger partial charge in [0.15, 0.2) is 0 Å². The lowest BCUT2D eigenvalue weighted by molar-refractivity contribution is 0.394. The van der Waals surface area contributed by atoms with Crippen molar-refractivity contribution < 1.29 is 0 Å². The lowest BCUT2D eigenvalue weighted by Gasteiger charge is -2.27. The molecule has 1 aromatic carbocycles. The van der Waals surface area contributed by atoms with Crippen LogP contribution in [0.2, 0.25) is 0 Å². The summed E-state index contributed by atoms with van der Waals surface area (Å²) in [7, 11) is 0. The molecule has 0 heterocycles. The van der Waals surface area contributed by atoms with Crippen molar-refractivity contribution in [2.75, 3.05) is 6.54 Å². The molecule has 1 nitrogen and oxygen atoms in total. The van der Waals surface area contributed by atoms with Crippen LogP contribution in [0.5, 0.6) is 0 Å². The maximum Gasteiger partial charge on any atom is 0.0303 e. The van der Waals surface area contributed by atoms with Gasteiger partial charge in [0.1, 0.15) is 0 Å². The van der Waals surface area contributed by atoms with E-state index < -0.39 is 0 Å². The zero-order chi connectivity index (χ0) is 15.2. The molecule has 0 amide bonds. The van der Waals surface area contributed by atoms with Gasteiger partial charge in [0, 0.05) is 20.7 Å². The largest absolute Gasteiger partial charge is 0.310 e. The minimum atomic E-state index is 0.422. The molecular formula is C18H28BrNS. The molecule has 0 radical (unpaired) electrons. The smallest absolute Gasteiger partial charge is 0.0303 e. The molecule has 3 unspecified atom stereocenters. The minimum absolute atomic E-state index is 0.422. The summed E-state index contributed by atoms with van der Waals surface area (Å²) < 4.78 is 1.18. The van der Waals surface area contributed by atoms with Crippen molar-refractivity contribution in [3.63, 3.8) is 0 Å². The molecule has 1 saturated carbocycles. The molecule has 0 bridgehead atoms. The van der Waals surface area contributed by atoms with Gasteiger partial charge in [-0.15, -0.1) is 11.8 Å². The summed E-state index contributed by atoms with van der Waals surface area (Å²) in [4.78, 5) is 1.47. The number of nitrogens with one attached hydrogen (secondary N) is 1. The SMILES string of the molecule is CCCNC(C)c1cc(Br)ccc1SC1CCCC(C)C1. The first-order valence-corrected chi connectivity index (χ1v) is 9.97. The lowest BCUT2D eigenvalue weighted by Crippen LogP contribution is -2.20. The van der Waals surface area contributed by atoms with Crippen LogP contribution in [-0.4, -0.2) is 11.8 Å². The second-order valence-electron chi connectivity index (χ2n) is 6.37. The zero-order valence-corrected chi connectivity index (χ0v) is 15.9. The summed E-state index contributed by atoms with van der Waals surface area (Å²) in [5, 5.41) is 4.43. The highest BCUT2D eigenvalue weighted by molar-refractivity contribution is 9.10. The average molecular weight is 370 g/mol. The Labute approximate surface area is 142 Å². The molecule has 1 aliphatic rings. The van der Waals surface area contributed by atoms with Crippen LogP contribution < -0.4 is 5.32 Å². The Hall–Kier alpha value is 0.01000. The molecule has 1 aromatic rings. The van der Waals surface area contributed by atoms with E-state index >= 15 is 0 Å². The third-order valence-corrected chi connectivity index (χ3v) is 6.20. The van der Waals surface area contributed by atoms with E-state index in [0.717, 1.165) is 17.7 Å². The molecule has 0 saturated heterocycles. The van der Waals surface area contributed by atoms with Crippen molar-refractivity contribution in [3.05, 3.63) is 28.2 Å². The predicted molar refractivity (Wildman–Crippen MR) is 98.1 cm³/mol. The number of halogens is 1. The fraction of sp³-hybridized carbons (Fsp3) is 0.667. The molecule has 2 rings (SSSR count). The standard InChI is InChI=1S/C18H28BrNS/c1-4-10-20-14(3)17-12-15(19)8-9-18(17)21-16-7-5-6-13(2)11-16/h8-9,12-14,16,20H,4-7,10-11H2,1-3H3. The first-order chi connectivity index (χ1) is 10.1. The van der Waals surface area contributed by atoms with Crippen LogP contribution in [0.3, 0.4) is 0 Å². The Morgan fingerprint density at radius 2 is 2.19 bits per heavy atom. The van der Waals surface area contributed by atoms with E-state index in [1.165, 1.54) is 47.0 Å². The van der Waals surface area contributed by atoms with Crippen LogP contribution in [0.15, 0.2) is 27.6 Å². The van der Waals surface area contributed by atoms with Gasteiger partial charge in [0.2, 0.25) is 0 Å². The highest BCUT2D eigenvalue weighted by Gasteiger charge is 2.21. The molecule has 1 fully saturated rings. The summed E-state index contributed by atoms with van der Waals surface area (Å²) in [6, 6.07) is 7.20. The van der Waals surface area contributed by atoms with Crippen molar-refractivity contribution in [1.29, 1.82) is 0 Å². The van der Waals surface area contributed by atoms with Gasteiger partial charge in [-0.1, -0.05) is 42.6 Å². The molecule has 21 heavy (non-hydrogen) atoms. The zero-order valence-electron chi connectivity index (χ0n) is 13.5. The summed E-state index contributed by atoms with van der Waals surface area (Å²) >= 11 is 5.74. The molecule has 0 spiro atoms. The average Bonchev–Trinajstić information content (AvgIpc) is 2.46. The summed E-state index contributed by atoms with van der Waals surface area (Å²) in [5.74, 6) is 0.894. The topological polar surface area (TPSA) is 12.0 Å². The van der Waals surface area contributed by atoms with Gasteiger partial charge in [-0.3, -0.25) is 0 Å². The van der Waals surface area contributed by atoms with Gasteiger partial charge in [-0.2, -0.15) is 0 Å². The second kappa shape index (κ2) is 8.59. The number of rotatable bonds is 6. The summed E-state index contributed by atoms with van der Waals surface area (Å²) in [6.45, 7) is 7.99. The monoisotopic (exact) mass is 369 g/mol. The van der Waals surface area contributed by atoms with Crippen molar-refractivity contribution >= 4 is 27.7 Å². The van der Waals surface area contributed by atoms with E-state index in [-0.39, 0.29) is 0 Å². The summed E-state index contributed by atoms with van der Waals surface area (Å²) in [5.41, 5.74) is 1.45. The van der Waals surface area contributed by atoms with E-state index in [1.54, 1.807) is 0 Å². The van der Waals surface area contributed by atoms with Gasteiger partial charge in [0.05, 0.1) is 0 Å². The van der Waals surface area contributed by atoms with E-state index in [2.05, 4.69) is 72.0 Å². The quantitative estimate of drug-likeness (QED) is 0.642. The normalized spacial score (nSPS) is 24.0. The Morgan fingerprint density at radius 1 is 1.38 bits per heavy atom. The van der Waals surface area contributed by atoms with Crippen LogP contribution in [0.4, 0.5) is 0 Å². The van der Waals surface area contributed by atoms with Gasteiger partial charge >= 0.3 is 0 Å². The Kier molecular flexibility index (Phi) is 7.11. The maximum atomic E-state index is 3.63. The highest BCUT2D eigenvalue weighted by Crippen LogP contribution is 2.39. The molecular weight excluding hydrogens is 342 g/mol. The third kappa shape index (κ3) is 5.30. The molecule has 0 aliphatic heterocycles. The van der Waals surface area contributed by atoms with E-state index in [0.29, 0.717) is 6.04 Å². The summed E-state index contributed by atoms with van der Waals surface area (Å²) in [6.07, 6.45) is 6.74. The van der Waals surface area contributed by atoms with Crippen molar-refractivity contribution in [2.24, 2.45) is 5.92 Å². The Morgan fingerprint density at radius 3 is 2.90 bits per heavy atom. The van der Waals surface area contributed by atoms with Crippen LogP contribution in [0.1, 0.15) is 64.5 Å². The lowest BCUT2D eigenvalue weighted by atomic mass is 9.91. The third-order valence-electron chi connectivity index (χ3n) is 4.32. The first kappa shape index (κ1) is 17.4. The van der Waals surface area contributed by atoms with Gasteiger partial charge in [-0.05, 0) is 62.4 Å². The molecule has 1 N–H and O–H groups in total. The van der Waals surface area contributed by atoms with Gasteiger partial charge < -0.3 is 5.32 Å². The predicted octanol–water partition coefficient (Wildman–Crippen LogP) is 6.18. The number of thioether (sulfide) groups is 1. The molecule has 3 heteroatoms. The van der Waals surface area contributed by atoms with Crippen LogP contribution >= 0.6 is 27.7 Å². The minimum Gasteiger partial charge on any atom is -0.310 e. The second-order valence-corrected chi connectivity index (χ2v) is 8.63.